The van der Waals surface area contributed by atoms with Gasteiger partial charge in [0.25, 0.3) is 0 Å². The maximum atomic E-state index is 4.52. The first-order valence-corrected chi connectivity index (χ1v) is 9.83. The van der Waals surface area contributed by atoms with Gasteiger partial charge < -0.3 is 5.32 Å². The van der Waals surface area contributed by atoms with E-state index in [2.05, 4.69) is 43.0 Å². The van der Waals surface area contributed by atoms with Gasteiger partial charge >= 0.3 is 0 Å². The van der Waals surface area contributed by atoms with Gasteiger partial charge in [-0.25, -0.2) is 4.98 Å². The van der Waals surface area contributed by atoms with Crippen LogP contribution in [0.1, 0.15) is 34.4 Å². The Labute approximate surface area is 158 Å². The van der Waals surface area contributed by atoms with Gasteiger partial charge in [0.15, 0.2) is 5.82 Å². The van der Waals surface area contributed by atoms with Crippen LogP contribution in [0.25, 0.3) is 0 Å². The summed E-state index contributed by atoms with van der Waals surface area (Å²) in [5.41, 5.74) is 2.00. The van der Waals surface area contributed by atoms with E-state index in [0.29, 0.717) is 11.7 Å². The van der Waals surface area contributed by atoms with Gasteiger partial charge in [0.2, 0.25) is 5.13 Å². The zero-order chi connectivity index (χ0) is 18.1. The van der Waals surface area contributed by atoms with Crippen molar-refractivity contribution >= 4 is 33.6 Å². The lowest BCUT2D eigenvalue weighted by molar-refractivity contribution is 0.554. The van der Waals surface area contributed by atoms with Crippen molar-refractivity contribution in [1.82, 2.24) is 34.7 Å². The molecule has 4 aromatic heterocycles. The Morgan fingerprint density at radius 3 is 2.77 bits per heavy atom. The maximum absolute atomic E-state index is 4.52. The molecule has 0 bridgehead atoms. The molecule has 4 aromatic rings. The Morgan fingerprint density at radius 2 is 2.04 bits per heavy atom. The molecule has 0 aliphatic carbocycles. The minimum absolute atomic E-state index is 0.0437. The summed E-state index contributed by atoms with van der Waals surface area (Å²) in [4.78, 5) is 4.46. The second kappa shape index (κ2) is 6.96. The Bertz CT molecular complexity index is 1010. The number of hydrogen-bond acceptors (Lipinski definition) is 8. The minimum atomic E-state index is 0.0437. The molecule has 1 N–H and O–H groups in total. The van der Waals surface area contributed by atoms with Crippen molar-refractivity contribution in [1.29, 1.82) is 0 Å². The van der Waals surface area contributed by atoms with Gasteiger partial charge in [-0.15, -0.1) is 21.5 Å². The first-order chi connectivity index (χ1) is 12.6. The van der Waals surface area contributed by atoms with Crippen molar-refractivity contribution in [3.8, 4) is 0 Å². The van der Waals surface area contributed by atoms with Crippen LogP contribution in [0.15, 0.2) is 29.9 Å². The number of nitrogens with one attached hydrogen (secondary N) is 1. The van der Waals surface area contributed by atoms with Crippen LogP contribution in [0.3, 0.4) is 0 Å². The van der Waals surface area contributed by atoms with E-state index in [9.17, 15) is 0 Å². The van der Waals surface area contributed by atoms with Crippen LogP contribution >= 0.6 is 22.7 Å². The van der Waals surface area contributed by atoms with Crippen LogP contribution < -0.4 is 5.32 Å². The average molecular weight is 387 g/mol. The van der Waals surface area contributed by atoms with Crippen LogP contribution in [-0.4, -0.2) is 34.7 Å². The van der Waals surface area contributed by atoms with Crippen molar-refractivity contribution in [2.45, 2.75) is 33.4 Å². The standard InChI is InChI=1S/C16H18N8S2/c1-10-4-7-24(21-10)11(2)15-19-20-16(26-15)18-14-5-6-23(22-14)8-13-9-25-12(3)17-13/h4-7,9,11H,8H2,1-3H3,(H,18,20,22). The molecule has 4 rings (SSSR count). The molecule has 0 amide bonds. The molecule has 1 atom stereocenters. The normalized spacial score (nSPS) is 12.4. The fourth-order valence-corrected chi connectivity index (χ4v) is 3.89. The van der Waals surface area contributed by atoms with Crippen LogP contribution in [-0.2, 0) is 6.54 Å². The van der Waals surface area contributed by atoms with E-state index in [4.69, 9.17) is 0 Å². The van der Waals surface area contributed by atoms with Gasteiger partial charge in [-0.3, -0.25) is 9.36 Å². The Kier molecular flexibility index (Phi) is 4.51. The van der Waals surface area contributed by atoms with E-state index in [1.807, 2.05) is 47.7 Å². The molecule has 0 saturated carbocycles. The first kappa shape index (κ1) is 16.9. The van der Waals surface area contributed by atoms with Crippen LogP contribution in [0.4, 0.5) is 10.9 Å². The molecule has 10 heteroatoms. The van der Waals surface area contributed by atoms with Crippen molar-refractivity contribution in [3.05, 3.63) is 51.3 Å². The molecule has 1 unspecified atom stereocenters. The third-order valence-electron chi connectivity index (χ3n) is 3.80. The quantitative estimate of drug-likeness (QED) is 0.546. The van der Waals surface area contributed by atoms with Gasteiger partial charge in [0, 0.05) is 23.8 Å². The Hall–Kier alpha value is -2.59. The van der Waals surface area contributed by atoms with Crippen molar-refractivity contribution < 1.29 is 0 Å². The summed E-state index contributed by atoms with van der Waals surface area (Å²) >= 11 is 3.15. The third-order valence-corrected chi connectivity index (χ3v) is 5.63. The zero-order valence-corrected chi connectivity index (χ0v) is 16.3. The smallest absolute Gasteiger partial charge is 0.211 e. The monoisotopic (exact) mass is 386 g/mol. The highest BCUT2D eigenvalue weighted by Gasteiger charge is 2.15. The molecule has 0 saturated heterocycles. The lowest BCUT2D eigenvalue weighted by Crippen LogP contribution is -2.07. The molecule has 0 fully saturated rings. The highest BCUT2D eigenvalue weighted by molar-refractivity contribution is 7.15. The Morgan fingerprint density at radius 1 is 1.15 bits per heavy atom. The number of nitrogens with zero attached hydrogens (tertiary/aromatic N) is 7. The van der Waals surface area contributed by atoms with E-state index in [1.165, 1.54) is 11.3 Å². The number of hydrogen-bond donors (Lipinski definition) is 1. The fraction of sp³-hybridized carbons (Fsp3) is 0.312. The Balaban J connectivity index is 1.42. The van der Waals surface area contributed by atoms with Crippen molar-refractivity contribution in [3.63, 3.8) is 0 Å². The fourth-order valence-electron chi connectivity index (χ4n) is 2.49. The molecule has 0 radical (unpaired) electrons. The highest BCUT2D eigenvalue weighted by atomic mass is 32.1. The molecule has 8 nitrogen and oxygen atoms in total. The summed E-state index contributed by atoms with van der Waals surface area (Å²) in [5.74, 6) is 0.738. The van der Waals surface area contributed by atoms with Gasteiger partial charge in [0.05, 0.1) is 22.9 Å². The average Bonchev–Trinajstić information content (AvgIpc) is 3.38. The lowest BCUT2D eigenvalue weighted by Gasteiger charge is -2.07. The van der Waals surface area contributed by atoms with Gasteiger partial charge in [0.1, 0.15) is 11.0 Å². The summed E-state index contributed by atoms with van der Waals surface area (Å²) in [5, 5.41) is 25.4. The summed E-state index contributed by atoms with van der Waals surface area (Å²) < 4.78 is 3.75. The SMILES string of the molecule is Cc1ccn(C(C)c2nnc(Nc3ccn(Cc4csc(C)n4)n3)s2)n1. The van der Waals surface area contributed by atoms with E-state index < -0.39 is 0 Å². The largest absolute Gasteiger partial charge is 0.313 e. The van der Waals surface area contributed by atoms with Gasteiger partial charge in [-0.2, -0.15) is 10.2 Å². The lowest BCUT2D eigenvalue weighted by atomic mass is 10.4. The molecular formula is C16H18N8S2. The minimum Gasteiger partial charge on any atom is -0.313 e. The number of rotatable bonds is 6. The zero-order valence-electron chi connectivity index (χ0n) is 14.6. The van der Waals surface area contributed by atoms with Crippen LogP contribution in [0.5, 0.6) is 0 Å². The van der Waals surface area contributed by atoms with Crippen molar-refractivity contribution in [2.75, 3.05) is 5.32 Å². The summed E-state index contributed by atoms with van der Waals surface area (Å²) in [6.07, 6.45) is 3.88. The number of thiazole rings is 1. The number of aryl methyl sites for hydroxylation is 2. The molecule has 0 spiro atoms. The second-order valence-corrected chi connectivity index (χ2v) is 8.01. The first-order valence-electron chi connectivity index (χ1n) is 8.13. The van der Waals surface area contributed by atoms with E-state index in [1.54, 1.807) is 11.3 Å². The summed E-state index contributed by atoms with van der Waals surface area (Å²) in [6.45, 7) is 6.69. The van der Waals surface area contributed by atoms with Crippen LogP contribution in [0, 0.1) is 13.8 Å². The molecule has 134 valence electrons. The predicted molar refractivity (Wildman–Crippen MR) is 102 cm³/mol. The third kappa shape index (κ3) is 3.65. The topological polar surface area (TPSA) is 86.3 Å². The summed E-state index contributed by atoms with van der Waals surface area (Å²) in [6, 6.07) is 3.94. The molecule has 0 aliphatic heterocycles. The second-order valence-electron chi connectivity index (χ2n) is 5.94. The van der Waals surface area contributed by atoms with E-state index >= 15 is 0 Å². The van der Waals surface area contributed by atoms with E-state index in [-0.39, 0.29) is 6.04 Å². The maximum Gasteiger partial charge on any atom is 0.211 e. The molecule has 0 aromatic carbocycles. The predicted octanol–water partition coefficient (Wildman–Crippen LogP) is 3.41. The molecule has 4 heterocycles. The highest BCUT2D eigenvalue weighted by Crippen LogP contribution is 2.26. The van der Waals surface area contributed by atoms with Gasteiger partial charge in [-0.05, 0) is 26.8 Å². The van der Waals surface area contributed by atoms with Crippen molar-refractivity contribution in [2.24, 2.45) is 0 Å². The number of anilines is 2. The van der Waals surface area contributed by atoms with Gasteiger partial charge in [-0.1, -0.05) is 11.3 Å². The molecule has 0 aliphatic rings. The van der Waals surface area contributed by atoms with E-state index in [0.717, 1.165) is 27.2 Å². The molecular weight excluding hydrogens is 368 g/mol. The summed E-state index contributed by atoms with van der Waals surface area (Å²) in [7, 11) is 0. The molecule has 26 heavy (non-hydrogen) atoms. The number of aromatic nitrogens is 7. The van der Waals surface area contributed by atoms with Crippen LogP contribution in [0.2, 0.25) is 0 Å².